The highest BCUT2D eigenvalue weighted by molar-refractivity contribution is 5.97. The molecule has 0 fully saturated rings. The molecule has 18 heavy (non-hydrogen) atoms. The second-order valence-corrected chi connectivity index (χ2v) is 4.75. The summed E-state index contributed by atoms with van der Waals surface area (Å²) >= 11 is 0. The summed E-state index contributed by atoms with van der Waals surface area (Å²) in [6.45, 7) is 5.28. The van der Waals surface area contributed by atoms with E-state index in [9.17, 15) is 9.59 Å². The molecule has 0 bridgehead atoms. The monoisotopic (exact) mass is 253 g/mol. The lowest BCUT2D eigenvalue weighted by molar-refractivity contribution is -0.143. The maximum Gasteiger partial charge on any atom is 0.326 e. The number of aryl methyl sites for hydroxylation is 2. The zero-order chi connectivity index (χ0) is 14.0. The molecule has 1 aromatic heterocycles. The van der Waals surface area contributed by atoms with E-state index in [-0.39, 0.29) is 11.8 Å². The van der Waals surface area contributed by atoms with Gasteiger partial charge in [0.2, 0.25) is 0 Å². The lowest BCUT2D eigenvalue weighted by Gasteiger charge is -2.27. The third-order valence-electron chi connectivity index (χ3n) is 2.87. The van der Waals surface area contributed by atoms with Gasteiger partial charge in [-0.15, -0.1) is 0 Å². The molecule has 0 saturated carbocycles. The van der Waals surface area contributed by atoms with E-state index in [2.05, 4.69) is 5.10 Å². The van der Waals surface area contributed by atoms with Crippen LogP contribution in [0.5, 0.6) is 0 Å². The Kier molecular flexibility index (Phi) is 4.11. The van der Waals surface area contributed by atoms with Crippen molar-refractivity contribution >= 4 is 11.9 Å². The largest absolute Gasteiger partial charge is 0.480 e. The summed E-state index contributed by atoms with van der Waals surface area (Å²) < 4.78 is 1.54. The van der Waals surface area contributed by atoms with E-state index in [1.165, 1.54) is 11.9 Å². The summed E-state index contributed by atoms with van der Waals surface area (Å²) in [5.41, 5.74) is 1.04. The smallest absolute Gasteiger partial charge is 0.326 e. The van der Waals surface area contributed by atoms with Crippen LogP contribution in [0.1, 0.15) is 29.9 Å². The molecule has 1 aromatic rings. The number of carbonyl (C=O) groups is 2. The minimum atomic E-state index is -0.998. The Labute approximate surface area is 106 Å². The number of carbonyl (C=O) groups excluding carboxylic acids is 1. The predicted octanol–water partition coefficient (Wildman–Crippen LogP) is 0.910. The number of likely N-dealkylation sites (N-methyl/N-ethyl adjacent to an activating group) is 1. The van der Waals surface area contributed by atoms with Crippen LogP contribution in [0.2, 0.25) is 0 Å². The van der Waals surface area contributed by atoms with Gasteiger partial charge in [-0.1, -0.05) is 13.8 Å². The molecular weight excluding hydrogens is 234 g/mol. The molecule has 1 amide bonds. The van der Waals surface area contributed by atoms with Crippen molar-refractivity contribution < 1.29 is 14.7 Å². The van der Waals surface area contributed by atoms with Gasteiger partial charge in [0.05, 0.1) is 11.3 Å². The van der Waals surface area contributed by atoms with E-state index in [4.69, 9.17) is 5.11 Å². The summed E-state index contributed by atoms with van der Waals surface area (Å²) in [6.07, 6.45) is 1.60. The van der Waals surface area contributed by atoms with Gasteiger partial charge in [-0.05, 0) is 12.8 Å². The quantitative estimate of drug-likeness (QED) is 0.865. The fourth-order valence-electron chi connectivity index (χ4n) is 2.02. The molecule has 6 heteroatoms. The Balaban J connectivity index is 3.03. The van der Waals surface area contributed by atoms with E-state index in [0.29, 0.717) is 11.3 Å². The summed E-state index contributed by atoms with van der Waals surface area (Å²) in [5, 5.41) is 13.3. The zero-order valence-corrected chi connectivity index (χ0v) is 11.3. The third kappa shape index (κ3) is 2.69. The fraction of sp³-hybridized carbons (Fsp3) is 0.583. The molecule has 6 nitrogen and oxygen atoms in total. The van der Waals surface area contributed by atoms with Crippen molar-refractivity contribution in [2.24, 2.45) is 13.0 Å². The van der Waals surface area contributed by atoms with Crippen LogP contribution in [0.15, 0.2) is 6.20 Å². The second kappa shape index (κ2) is 5.20. The average Bonchev–Trinajstić information content (AvgIpc) is 2.55. The number of nitrogens with zero attached hydrogens (tertiary/aromatic N) is 3. The van der Waals surface area contributed by atoms with Crippen molar-refractivity contribution in [1.29, 1.82) is 0 Å². The first-order valence-electron chi connectivity index (χ1n) is 5.76. The van der Waals surface area contributed by atoms with Crippen LogP contribution in [0, 0.1) is 12.8 Å². The summed E-state index contributed by atoms with van der Waals surface area (Å²) in [6, 6.07) is -0.836. The lowest BCUT2D eigenvalue weighted by atomic mass is 10.0. The Hall–Kier alpha value is -1.85. The van der Waals surface area contributed by atoms with Gasteiger partial charge in [0.1, 0.15) is 6.04 Å². The Bertz CT molecular complexity index is 465. The molecule has 100 valence electrons. The molecular formula is C12H19N3O3. The highest BCUT2D eigenvalue weighted by atomic mass is 16.4. The predicted molar refractivity (Wildman–Crippen MR) is 66.3 cm³/mol. The van der Waals surface area contributed by atoms with Crippen LogP contribution in [0.3, 0.4) is 0 Å². The van der Waals surface area contributed by atoms with Crippen LogP contribution in [0.25, 0.3) is 0 Å². The van der Waals surface area contributed by atoms with Gasteiger partial charge in [0.15, 0.2) is 0 Å². The first-order chi connectivity index (χ1) is 8.25. The number of carboxylic acid groups (broad SMARTS) is 1. The van der Waals surface area contributed by atoms with Crippen molar-refractivity contribution in [2.75, 3.05) is 7.05 Å². The molecule has 0 aliphatic carbocycles. The number of aliphatic carboxylic acids is 1. The topological polar surface area (TPSA) is 75.4 Å². The van der Waals surface area contributed by atoms with Crippen molar-refractivity contribution in [3.8, 4) is 0 Å². The lowest BCUT2D eigenvalue weighted by Crippen LogP contribution is -2.45. The van der Waals surface area contributed by atoms with Crippen LogP contribution < -0.4 is 0 Å². The summed E-state index contributed by atoms with van der Waals surface area (Å²) in [7, 11) is 3.23. The van der Waals surface area contributed by atoms with Crippen molar-refractivity contribution in [3.63, 3.8) is 0 Å². The van der Waals surface area contributed by atoms with E-state index < -0.39 is 12.0 Å². The highest BCUT2D eigenvalue weighted by Gasteiger charge is 2.31. The molecule has 0 aliphatic heterocycles. The van der Waals surface area contributed by atoms with Crippen molar-refractivity contribution in [2.45, 2.75) is 26.8 Å². The Morgan fingerprint density at radius 3 is 2.33 bits per heavy atom. The van der Waals surface area contributed by atoms with Gasteiger partial charge < -0.3 is 10.0 Å². The summed E-state index contributed by atoms with van der Waals surface area (Å²) in [5.74, 6) is -1.47. The fourth-order valence-corrected chi connectivity index (χ4v) is 2.02. The first kappa shape index (κ1) is 14.2. The SMILES string of the molecule is Cc1nn(C)cc1C(=O)N(C)C(C(=O)O)C(C)C. The van der Waals surface area contributed by atoms with Gasteiger partial charge in [0, 0.05) is 20.3 Å². The molecule has 1 rings (SSSR count). The van der Waals surface area contributed by atoms with E-state index in [1.807, 2.05) is 0 Å². The molecule has 0 spiro atoms. The summed E-state index contributed by atoms with van der Waals surface area (Å²) in [4.78, 5) is 24.7. The van der Waals surface area contributed by atoms with Gasteiger partial charge in [0.25, 0.3) is 5.91 Å². The minimum Gasteiger partial charge on any atom is -0.480 e. The maximum atomic E-state index is 12.2. The molecule has 0 aromatic carbocycles. The van der Waals surface area contributed by atoms with Gasteiger partial charge in [-0.25, -0.2) is 4.79 Å². The van der Waals surface area contributed by atoms with Crippen molar-refractivity contribution in [1.82, 2.24) is 14.7 Å². The minimum absolute atomic E-state index is 0.159. The molecule has 1 N–H and O–H groups in total. The zero-order valence-electron chi connectivity index (χ0n) is 11.3. The average molecular weight is 253 g/mol. The first-order valence-corrected chi connectivity index (χ1v) is 5.76. The number of aromatic nitrogens is 2. The maximum absolute atomic E-state index is 12.2. The van der Waals surface area contributed by atoms with Crippen LogP contribution in [-0.4, -0.2) is 44.8 Å². The normalized spacial score (nSPS) is 12.6. The van der Waals surface area contributed by atoms with E-state index >= 15 is 0 Å². The van der Waals surface area contributed by atoms with E-state index in [1.54, 1.807) is 38.7 Å². The number of hydrogen-bond acceptors (Lipinski definition) is 3. The highest BCUT2D eigenvalue weighted by Crippen LogP contribution is 2.15. The molecule has 0 aliphatic rings. The van der Waals surface area contributed by atoms with Crippen LogP contribution >= 0.6 is 0 Å². The Morgan fingerprint density at radius 1 is 1.44 bits per heavy atom. The number of carboxylic acids is 1. The third-order valence-corrected chi connectivity index (χ3v) is 2.87. The molecule has 0 radical (unpaired) electrons. The second-order valence-electron chi connectivity index (χ2n) is 4.75. The molecule has 0 saturated heterocycles. The molecule has 1 atom stereocenters. The van der Waals surface area contributed by atoms with Crippen LogP contribution in [-0.2, 0) is 11.8 Å². The number of amides is 1. The van der Waals surface area contributed by atoms with Crippen molar-refractivity contribution in [3.05, 3.63) is 17.5 Å². The van der Waals surface area contributed by atoms with Gasteiger partial charge in [-0.2, -0.15) is 5.10 Å². The Morgan fingerprint density at radius 2 is 2.00 bits per heavy atom. The standard InChI is InChI=1S/C12H19N3O3/c1-7(2)10(12(17)18)15(5)11(16)9-6-14(4)13-8(9)3/h6-7,10H,1-5H3,(H,17,18). The van der Waals surface area contributed by atoms with Gasteiger partial charge in [-0.3, -0.25) is 9.48 Å². The van der Waals surface area contributed by atoms with Gasteiger partial charge >= 0.3 is 5.97 Å². The van der Waals surface area contributed by atoms with E-state index in [0.717, 1.165) is 0 Å². The molecule has 1 heterocycles. The molecule has 1 unspecified atom stereocenters. The number of hydrogen-bond donors (Lipinski definition) is 1. The number of rotatable bonds is 4. The van der Waals surface area contributed by atoms with Crippen LogP contribution in [0.4, 0.5) is 0 Å².